The smallest absolute Gasteiger partial charge is 0.00253 e. The van der Waals surface area contributed by atoms with Gasteiger partial charge in [0.1, 0.15) is 0 Å². The van der Waals surface area contributed by atoms with Gasteiger partial charge in [0.2, 0.25) is 0 Å². The van der Waals surface area contributed by atoms with Gasteiger partial charge in [-0.1, -0.05) is 25.2 Å². The van der Waals surface area contributed by atoms with Gasteiger partial charge in [-0.2, -0.15) is 0 Å². The van der Waals surface area contributed by atoms with E-state index < -0.39 is 0 Å². The highest BCUT2D eigenvalue weighted by Crippen LogP contribution is 2.36. The summed E-state index contributed by atoms with van der Waals surface area (Å²) in [4.78, 5) is 0. The Morgan fingerprint density at radius 2 is 1.73 bits per heavy atom. The Balaban J connectivity index is 3.14. The average Bonchev–Trinajstić information content (AvgIpc) is 2.17. The van der Waals surface area contributed by atoms with Crippen LogP contribution < -0.4 is 0 Å². The van der Waals surface area contributed by atoms with E-state index in [0.717, 1.165) is 0 Å². The molecule has 0 spiro atoms. The lowest BCUT2D eigenvalue weighted by molar-refractivity contribution is 0.838. The fourth-order valence-corrected chi connectivity index (χ4v) is 1.72. The highest BCUT2D eigenvalue weighted by Gasteiger charge is 2.20. The molecule has 0 N–H and O–H groups in total. The maximum atomic E-state index is 3.83. The molecule has 0 fully saturated rings. The molecule has 0 heteroatoms. The molecule has 0 aromatic rings. The lowest BCUT2D eigenvalue weighted by atomic mass is 9.98. The Morgan fingerprint density at radius 3 is 1.91 bits per heavy atom. The van der Waals surface area contributed by atoms with Gasteiger partial charge in [-0.15, -0.1) is 0 Å². The van der Waals surface area contributed by atoms with Crippen LogP contribution in [0, 0.1) is 5.92 Å². The third kappa shape index (κ3) is 1.07. The molecule has 0 aromatic heterocycles. The highest BCUT2D eigenvalue weighted by molar-refractivity contribution is 5.50. The molecule has 0 aliphatic heterocycles. The van der Waals surface area contributed by atoms with E-state index in [1.807, 2.05) is 6.08 Å². The highest BCUT2D eigenvalue weighted by atomic mass is 14.2. The maximum Gasteiger partial charge on any atom is 0.00253 e. The topological polar surface area (TPSA) is 0 Å². The van der Waals surface area contributed by atoms with E-state index in [2.05, 4.69) is 34.3 Å². The van der Waals surface area contributed by atoms with Gasteiger partial charge in [-0.3, -0.25) is 0 Å². The molecule has 0 amide bonds. The molecule has 0 nitrogen and oxygen atoms in total. The second-order valence-electron chi connectivity index (χ2n) is 3.31. The van der Waals surface area contributed by atoms with Crippen molar-refractivity contribution >= 4 is 0 Å². The summed E-state index contributed by atoms with van der Waals surface area (Å²) in [5.74, 6) is 0.590. The molecule has 1 rings (SSSR count). The van der Waals surface area contributed by atoms with Gasteiger partial charge in [-0.25, -0.2) is 0 Å². The van der Waals surface area contributed by atoms with Gasteiger partial charge >= 0.3 is 0 Å². The Bertz CT molecular complexity index is 251. The van der Waals surface area contributed by atoms with Crippen molar-refractivity contribution in [1.82, 2.24) is 0 Å². The van der Waals surface area contributed by atoms with E-state index >= 15 is 0 Å². The summed E-state index contributed by atoms with van der Waals surface area (Å²) in [7, 11) is 0. The molecule has 60 valence electrons. The van der Waals surface area contributed by atoms with Crippen LogP contribution in [0.15, 0.2) is 34.9 Å². The summed E-state index contributed by atoms with van der Waals surface area (Å²) in [6.07, 6.45) is 1.99. The Labute approximate surface area is 69.3 Å². The summed E-state index contributed by atoms with van der Waals surface area (Å²) >= 11 is 0. The Kier molecular flexibility index (Phi) is 2.03. The second-order valence-corrected chi connectivity index (χ2v) is 3.31. The molecule has 0 heterocycles. The van der Waals surface area contributed by atoms with Crippen LogP contribution in [0.4, 0.5) is 0 Å². The monoisotopic (exact) mass is 148 g/mol. The third-order valence-electron chi connectivity index (χ3n) is 2.92. The van der Waals surface area contributed by atoms with Crippen molar-refractivity contribution in [3.63, 3.8) is 0 Å². The van der Waals surface area contributed by atoms with Gasteiger partial charge in [0.25, 0.3) is 0 Å². The van der Waals surface area contributed by atoms with Crippen molar-refractivity contribution in [1.29, 1.82) is 0 Å². The Hall–Kier alpha value is -0.780. The largest absolute Gasteiger partial charge is 0.0988 e. The van der Waals surface area contributed by atoms with Gasteiger partial charge in [0, 0.05) is 5.92 Å². The number of allylic oxidation sites excluding steroid dienone is 5. The lowest BCUT2D eigenvalue weighted by Crippen LogP contribution is -1.93. The average molecular weight is 148 g/mol. The summed E-state index contributed by atoms with van der Waals surface area (Å²) in [6, 6.07) is 0. The minimum absolute atomic E-state index is 0.590. The minimum atomic E-state index is 0.590. The van der Waals surface area contributed by atoms with Crippen molar-refractivity contribution < 1.29 is 0 Å². The molecule has 1 aliphatic carbocycles. The molecule has 1 unspecified atom stereocenters. The van der Waals surface area contributed by atoms with E-state index in [1.165, 1.54) is 22.3 Å². The van der Waals surface area contributed by atoms with E-state index in [9.17, 15) is 0 Å². The SMILES string of the molecule is C=CC1=C(C)C(C)=C(C)C1C. The second kappa shape index (κ2) is 2.69. The zero-order chi connectivity index (χ0) is 8.59. The predicted molar refractivity (Wildman–Crippen MR) is 50.4 cm³/mol. The van der Waals surface area contributed by atoms with Crippen molar-refractivity contribution in [3.05, 3.63) is 34.9 Å². The maximum absolute atomic E-state index is 3.83. The van der Waals surface area contributed by atoms with E-state index in [1.54, 1.807) is 0 Å². The van der Waals surface area contributed by atoms with Gasteiger partial charge in [0.15, 0.2) is 0 Å². The van der Waals surface area contributed by atoms with Crippen LogP contribution in [0.2, 0.25) is 0 Å². The Morgan fingerprint density at radius 1 is 1.18 bits per heavy atom. The van der Waals surface area contributed by atoms with Gasteiger partial charge in [-0.05, 0) is 37.5 Å². The van der Waals surface area contributed by atoms with Crippen molar-refractivity contribution in [2.45, 2.75) is 27.7 Å². The fourth-order valence-electron chi connectivity index (χ4n) is 1.72. The van der Waals surface area contributed by atoms with Crippen LogP contribution in [0.5, 0.6) is 0 Å². The number of hydrogen-bond acceptors (Lipinski definition) is 0. The molecule has 0 radical (unpaired) electrons. The van der Waals surface area contributed by atoms with Crippen LogP contribution in [0.1, 0.15) is 27.7 Å². The normalized spacial score (nSPS) is 24.9. The number of rotatable bonds is 1. The van der Waals surface area contributed by atoms with Crippen LogP contribution in [-0.4, -0.2) is 0 Å². The lowest BCUT2D eigenvalue weighted by Gasteiger charge is -2.06. The summed E-state index contributed by atoms with van der Waals surface area (Å²) in [5.41, 5.74) is 5.77. The fraction of sp³-hybridized carbons (Fsp3) is 0.455. The van der Waals surface area contributed by atoms with Crippen molar-refractivity contribution in [3.8, 4) is 0 Å². The number of hydrogen-bond donors (Lipinski definition) is 0. The first-order valence-electron chi connectivity index (χ1n) is 4.10. The molecule has 0 aromatic carbocycles. The third-order valence-corrected chi connectivity index (χ3v) is 2.92. The van der Waals surface area contributed by atoms with E-state index in [-0.39, 0.29) is 0 Å². The van der Waals surface area contributed by atoms with E-state index in [0.29, 0.717) is 5.92 Å². The summed E-state index contributed by atoms with van der Waals surface area (Å²) < 4.78 is 0. The zero-order valence-electron chi connectivity index (χ0n) is 7.86. The molecule has 1 atom stereocenters. The molecular formula is C11H16. The van der Waals surface area contributed by atoms with E-state index in [4.69, 9.17) is 0 Å². The van der Waals surface area contributed by atoms with Crippen molar-refractivity contribution in [2.24, 2.45) is 5.92 Å². The molecule has 0 saturated carbocycles. The molecule has 1 aliphatic rings. The first kappa shape index (κ1) is 8.32. The van der Waals surface area contributed by atoms with Crippen LogP contribution in [-0.2, 0) is 0 Å². The van der Waals surface area contributed by atoms with Crippen LogP contribution >= 0.6 is 0 Å². The van der Waals surface area contributed by atoms with Gasteiger partial charge < -0.3 is 0 Å². The molecular weight excluding hydrogens is 132 g/mol. The van der Waals surface area contributed by atoms with Gasteiger partial charge in [0.05, 0.1) is 0 Å². The summed E-state index contributed by atoms with van der Waals surface area (Å²) in [6.45, 7) is 12.7. The summed E-state index contributed by atoms with van der Waals surface area (Å²) in [5, 5.41) is 0. The first-order valence-corrected chi connectivity index (χ1v) is 4.10. The molecule has 0 saturated heterocycles. The first-order chi connectivity index (χ1) is 5.09. The predicted octanol–water partition coefficient (Wildman–Crippen LogP) is 3.48. The quantitative estimate of drug-likeness (QED) is 0.534. The van der Waals surface area contributed by atoms with Crippen LogP contribution in [0.25, 0.3) is 0 Å². The standard InChI is InChI=1S/C11H16/c1-6-11-9(4)7(2)8(3)10(11)5/h6,9H,1H2,2-5H3. The zero-order valence-corrected chi connectivity index (χ0v) is 7.86. The van der Waals surface area contributed by atoms with Crippen LogP contribution in [0.3, 0.4) is 0 Å². The molecule has 11 heavy (non-hydrogen) atoms. The van der Waals surface area contributed by atoms with Crippen molar-refractivity contribution in [2.75, 3.05) is 0 Å². The minimum Gasteiger partial charge on any atom is -0.0988 e. The molecule has 0 bridgehead atoms.